The fraction of sp³-hybridized carbons (Fsp3) is 0.900. The highest BCUT2D eigenvalue weighted by atomic mass is 16.5. The maximum Gasteiger partial charge on any atom is 0.309 e. The van der Waals surface area contributed by atoms with E-state index in [2.05, 4.69) is 20.8 Å². The van der Waals surface area contributed by atoms with Gasteiger partial charge in [-0.15, -0.1) is 0 Å². The van der Waals surface area contributed by atoms with Gasteiger partial charge >= 0.3 is 5.97 Å². The third kappa shape index (κ3) is 2.91. The molecule has 4 bridgehead atoms. The van der Waals surface area contributed by atoms with Gasteiger partial charge in [-0.25, -0.2) is 0 Å². The Morgan fingerprint density at radius 2 is 1.96 bits per heavy atom. The summed E-state index contributed by atoms with van der Waals surface area (Å²) in [7, 11) is 0. The first kappa shape index (κ1) is 17.9. The lowest BCUT2D eigenvalue weighted by atomic mass is 9.75. The number of rotatable bonds is 8. The molecule has 4 rings (SSSR count). The summed E-state index contributed by atoms with van der Waals surface area (Å²) in [5.41, 5.74) is 0.299. The molecule has 0 spiro atoms. The monoisotopic (exact) mass is 336 g/mol. The van der Waals surface area contributed by atoms with E-state index in [1.54, 1.807) is 0 Å². The van der Waals surface area contributed by atoms with Crippen LogP contribution in [0.2, 0.25) is 0 Å². The fourth-order valence-corrected chi connectivity index (χ4v) is 5.57. The van der Waals surface area contributed by atoms with E-state index in [0.717, 1.165) is 32.1 Å². The standard InChI is InChI=1S/C20H32O4/c1-5-7-8-12(19(22)23-6-2)9-16(21)18-13-10-15-17(24-18)11-14(13)20(15,3)4/h12-15,17-18H,5-11H2,1-4H3. The van der Waals surface area contributed by atoms with E-state index < -0.39 is 0 Å². The van der Waals surface area contributed by atoms with Gasteiger partial charge in [0.05, 0.1) is 18.6 Å². The SMILES string of the molecule is CCCCC(CC(=O)C1OC2CC3C1CC2C3(C)C)C(=O)OCC. The molecule has 2 heterocycles. The van der Waals surface area contributed by atoms with Crippen molar-refractivity contribution in [2.24, 2.45) is 29.1 Å². The molecular weight excluding hydrogens is 304 g/mol. The van der Waals surface area contributed by atoms with Gasteiger partial charge in [-0.2, -0.15) is 0 Å². The molecule has 0 radical (unpaired) electrons. The van der Waals surface area contributed by atoms with Crippen molar-refractivity contribution in [3.05, 3.63) is 0 Å². The van der Waals surface area contributed by atoms with Gasteiger partial charge in [-0.05, 0) is 49.4 Å². The van der Waals surface area contributed by atoms with E-state index in [9.17, 15) is 9.59 Å². The van der Waals surface area contributed by atoms with Gasteiger partial charge in [-0.1, -0.05) is 33.6 Å². The summed E-state index contributed by atoms with van der Waals surface area (Å²) in [5.74, 6) is 1.18. The van der Waals surface area contributed by atoms with Crippen LogP contribution >= 0.6 is 0 Å². The van der Waals surface area contributed by atoms with E-state index in [0.29, 0.717) is 29.8 Å². The van der Waals surface area contributed by atoms with Gasteiger partial charge in [0.1, 0.15) is 6.10 Å². The number of ketones is 1. The first-order chi connectivity index (χ1) is 11.4. The smallest absolute Gasteiger partial charge is 0.309 e. The predicted octanol–water partition coefficient (Wildman–Crippen LogP) is 3.76. The van der Waals surface area contributed by atoms with Gasteiger partial charge < -0.3 is 9.47 Å². The van der Waals surface area contributed by atoms with Crippen molar-refractivity contribution in [2.75, 3.05) is 6.61 Å². The molecular formula is C20H32O4. The zero-order chi connectivity index (χ0) is 17.5. The summed E-state index contributed by atoms with van der Waals surface area (Å²) >= 11 is 0. The normalized spacial score (nSPS) is 36.8. The zero-order valence-corrected chi connectivity index (χ0v) is 15.5. The average Bonchev–Trinajstić information content (AvgIpc) is 2.93. The third-order valence-corrected chi connectivity index (χ3v) is 6.89. The number of hydrogen-bond acceptors (Lipinski definition) is 4. The van der Waals surface area contributed by atoms with Gasteiger partial charge in [0.15, 0.2) is 5.78 Å². The number of Topliss-reactive ketones (excluding diaryl/α,β-unsaturated/α-hetero) is 1. The highest BCUT2D eigenvalue weighted by Gasteiger charge is 2.65. The Labute approximate surface area is 145 Å². The Hall–Kier alpha value is -0.900. The lowest BCUT2D eigenvalue weighted by molar-refractivity contribution is -0.164. The molecule has 4 fully saturated rings. The van der Waals surface area contributed by atoms with Crippen LogP contribution in [0.1, 0.15) is 66.2 Å². The Morgan fingerprint density at radius 1 is 1.21 bits per heavy atom. The number of carbonyl (C=O) groups is 2. The highest BCUT2D eigenvalue weighted by Crippen LogP contribution is 2.65. The summed E-state index contributed by atoms with van der Waals surface area (Å²) in [4.78, 5) is 25.1. The number of hydrogen-bond donors (Lipinski definition) is 0. The summed E-state index contributed by atoms with van der Waals surface area (Å²) in [6.07, 6.45) is 5.19. The molecule has 6 unspecified atom stereocenters. The van der Waals surface area contributed by atoms with Crippen molar-refractivity contribution in [3.8, 4) is 0 Å². The maximum atomic E-state index is 12.9. The molecule has 4 heteroatoms. The zero-order valence-electron chi connectivity index (χ0n) is 15.5. The van der Waals surface area contributed by atoms with Crippen molar-refractivity contribution in [2.45, 2.75) is 78.4 Å². The van der Waals surface area contributed by atoms with E-state index in [-0.39, 0.29) is 36.3 Å². The summed E-state index contributed by atoms with van der Waals surface area (Å²) in [6, 6.07) is 0. The van der Waals surface area contributed by atoms with Crippen LogP contribution in [0.3, 0.4) is 0 Å². The molecule has 6 atom stereocenters. The molecule has 0 amide bonds. The fourth-order valence-electron chi connectivity index (χ4n) is 5.57. The van der Waals surface area contributed by atoms with Crippen LogP contribution in [-0.2, 0) is 19.1 Å². The number of carbonyl (C=O) groups excluding carboxylic acids is 2. The molecule has 2 saturated heterocycles. The Kier molecular flexibility index (Phi) is 5.06. The second-order valence-electron chi connectivity index (χ2n) is 8.53. The Bertz CT molecular complexity index is 498. The number of fused-ring (bicyclic) bond motifs is 1. The van der Waals surface area contributed by atoms with Crippen molar-refractivity contribution in [3.63, 3.8) is 0 Å². The minimum absolute atomic E-state index is 0.125. The Balaban J connectivity index is 1.65. The molecule has 2 aliphatic heterocycles. The number of unbranched alkanes of at least 4 members (excludes halogenated alkanes) is 1. The summed E-state index contributed by atoms with van der Waals surface area (Å²) < 4.78 is 11.4. The van der Waals surface area contributed by atoms with Crippen molar-refractivity contribution in [1.82, 2.24) is 0 Å². The van der Waals surface area contributed by atoms with Gasteiger partial charge in [0.25, 0.3) is 0 Å². The van der Waals surface area contributed by atoms with Crippen LogP contribution in [-0.4, -0.2) is 30.6 Å². The van der Waals surface area contributed by atoms with Crippen LogP contribution in [0.25, 0.3) is 0 Å². The van der Waals surface area contributed by atoms with Gasteiger partial charge in [0, 0.05) is 6.42 Å². The second-order valence-corrected chi connectivity index (χ2v) is 8.53. The predicted molar refractivity (Wildman–Crippen MR) is 91.4 cm³/mol. The molecule has 0 N–H and O–H groups in total. The van der Waals surface area contributed by atoms with Gasteiger partial charge in [0.2, 0.25) is 0 Å². The molecule has 24 heavy (non-hydrogen) atoms. The molecule has 4 aliphatic rings. The quantitative estimate of drug-likeness (QED) is 0.633. The van der Waals surface area contributed by atoms with E-state index in [1.807, 2.05) is 6.92 Å². The molecule has 4 nitrogen and oxygen atoms in total. The molecule has 2 aliphatic carbocycles. The van der Waals surface area contributed by atoms with Crippen LogP contribution in [0.4, 0.5) is 0 Å². The molecule has 0 aromatic rings. The first-order valence-corrected chi connectivity index (χ1v) is 9.74. The Morgan fingerprint density at radius 3 is 2.50 bits per heavy atom. The molecule has 0 aromatic heterocycles. The molecule has 2 saturated carbocycles. The third-order valence-electron chi connectivity index (χ3n) is 6.89. The van der Waals surface area contributed by atoms with Crippen LogP contribution in [0.5, 0.6) is 0 Å². The highest BCUT2D eigenvalue weighted by molar-refractivity contribution is 5.88. The summed E-state index contributed by atoms with van der Waals surface area (Å²) in [5, 5.41) is 0. The van der Waals surface area contributed by atoms with Crippen molar-refractivity contribution in [1.29, 1.82) is 0 Å². The van der Waals surface area contributed by atoms with Gasteiger partial charge in [-0.3, -0.25) is 9.59 Å². The van der Waals surface area contributed by atoms with Crippen LogP contribution in [0, 0.1) is 29.1 Å². The lowest BCUT2D eigenvalue weighted by Gasteiger charge is -2.41. The van der Waals surface area contributed by atoms with Crippen molar-refractivity contribution < 1.29 is 19.1 Å². The van der Waals surface area contributed by atoms with Crippen LogP contribution < -0.4 is 0 Å². The second kappa shape index (κ2) is 6.78. The topological polar surface area (TPSA) is 52.6 Å². The summed E-state index contributed by atoms with van der Waals surface area (Å²) in [6.45, 7) is 8.96. The van der Waals surface area contributed by atoms with Crippen LogP contribution in [0.15, 0.2) is 0 Å². The van der Waals surface area contributed by atoms with E-state index in [4.69, 9.17) is 9.47 Å². The minimum atomic E-state index is -0.301. The number of ether oxygens (including phenoxy) is 2. The molecule has 136 valence electrons. The average molecular weight is 336 g/mol. The largest absolute Gasteiger partial charge is 0.466 e. The van der Waals surface area contributed by atoms with Crippen molar-refractivity contribution >= 4 is 11.8 Å². The lowest BCUT2D eigenvalue weighted by Crippen LogP contribution is -2.47. The maximum absolute atomic E-state index is 12.9. The van der Waals surface area contributed by atoms with E-state index >= 15 is 0 Å². The minimum Gasteiger partial charge on any atom is -0.466 e. The number of esters is 1. The van der Waals surface area contributed by atoms with E-state index in [1.165, 1.54) is 0 Å². The first-order valence-electron chi connectivity index (χ1n) is 9.74. The molecule has 0 aromatic carbocycles.